The van der Waals surface area contributed by atoms with Crippen LogP contribution in [-0.2, 0) is 4.74 Å². The number of carbonyl (C=O) groups is 1. The SMILES string of the molecule is CN(C)c1cnc(C(=O)NCC2CCOC3(CCC3)C2)cn1. The van der Waals surface area contributed by atoms with E-state index < -0.39 is 0 Å². The molecule has 6 nitrogen and oxygen atoms in total. The van der Waals surface area contributed by atoms with Gasteiger partial charge < -0.3 is 15.0 Å². The summed E-state index contributed by atoms with van der Waals surface area (Å²) in [6, 6.07) is 0. The van der Waals surface area contributed by atoms with E-state index in [0.29, 0.717) is 18.2 Å². The van der Waals surface area contributed by atoms with Gasteiger partial charge in [-0.2, -0.15) is 0 Å². The molecule has 0 bridgehead atoms. The number of amides is 1. The number of anilines is 1. The fourth-order valence-electron chi connectivity index (χ4n) is 3.22. The Morgan fingerprint density at radius 3 is 2.82 bits per heavy atom. The monoisotopic (exact) mass is 304 g/mol. The van der Waals surface area contributed by atoms with Gasteiger partial charge in [0, 0.05) is 27.2 Å². The van der Waals surface area contributed by atoms with E-state index >= 15 is 0 Å². The number of ether oxygens (including phenoxy) is 1. The number of aromatic nitrogens is 2. The summed E-state index contributed by atoms with van der Waals surface area (Å²) in [5.74, 6) is 1.10. The molecule has 1 aromatic rings. The van der Waals surface area contributed by atoms with E-state index in [4.69, 9.17) is 4.74 Å². The van der Waals surface area contributed by atoms with E-state index in [0.717, 1.165) is 25.3 Å². The molecule has 120 valence electrons. The smallest absolute Gasteiger partial charge is 0.271 e. The largest absolute Gasteiger partial charge is 0.375 e. The third-order valence-electron chi connectivity index (χ3n) is 4.74. The highest BCUT2D eigenvalue weighted by Gasteiger charge is 2.42. The molecule has 2 fully saturated rings. The molecule has 1 unspecified atom stereocenters. The Morgan fingerprint density at radius 2 is 2.23 bits per heavy atom. The minimum atomic E-state index is -0.146. The third kappa shape index (κ3) is 3.21. The molecule has 2 heterocycles. The first-order chi connectivity index (χ1) is 10.6. The van der Waals surface area contributed by atoms with Gasteiger partial charge in [-0.15, -0.1) is 0 Å². The normalized spacial score (nSPS) is 22.9. The lowest BCUT2D eigenvalue weighted by Crippen LogP contribution is -2.47. The van der Waals surface area contributed by atoms with Crippen molar-refractivity contribution < 1.29 is 9.53 Å². The minimum Gasteiger partial charge on any atom is -0.375 e. The molecular weight excluding hydrogens is 280 g/mol. The van der Waals surface area contributed by atoms with Crippen LogP contribution >= 0.6 is 0 Å². The van der Waals surface area contributed by atoms with Crippen LogP contribution in [-0.4, -0.2) is 48.7 Å². The second-order valence-electron chi connectivity index (χ2n) is 6.61. The molecule has 1 saturated heterocycles. The van der Waals surface area contributed by atoms with Gasteiger partial charge in [0.05, 0.1) is 18.0 Å². The van der Waals surface area contributed by atoms with Crippen molar-refractivity contribution in [3.63, 3.8) is 0 Å². The predicted molar refractivity (Wildman–Crippen MR) is 84.0 cm³/mol. The Morgan fingerprint density at radius 1 is 1.41 bits per heavy atom. The lowest BCUT2D eigenvalue weighted by molar-refractivity contribution is -0.142. The highest BCUT2D eigenvalue weighted by Crippen LogP contribution is 2.43. The van der Waals surface area contributed by atoms with Crippen molar-refractivity contribution in [3.05, 3.63) is 18.1 Å². The first kappa shape index (κ1) is 15.2. The van der Waals surface area contributed by atoms with Gasteiger partial charge in [-0.1, -0.05) is 0 Å². The standard InChI is InChI=1S/C16H24N4O2/c1-20(2)14-11-17-13(10-18-14)15(21)19-9-12-4-7-22-16(8-12)5-3-6-16/h10-12H,3-9H2,1-2H3,(H,19,21). The average Bonchev–Trinajstić information content (AvgIpc) is 2.51. The number of nitrogens with zero attached hydrogens (tertiary/aromatic N) is 3. The van der Waals surface area contributed by atoms with Gasteiger partial charge in [-0.25, -0.2) is 9.97 Å². The maximum atomic E-state index is 12.2. The molecular formula is C16H24N4O2. The van der Waals surface area contributed by atoms with E-state index in [-0.39, 0.29) is 11.5 Å². The maximum absolute atomic E-state index is 12.2. The van der Waals surface area contributed by atoms with Crippen molar-refractivity contribution in [1.29, 1.82) is 0 Å². The molecule has 6 heteroatoms. The molecule has 1 spiro atoms. The lowest BCUT2D eigenvalue weighted by Gasteiger charge is -2.47. The molecule has 1 amide bonds. The zero-order valence-corrected chi connectivity index (χ0v) is 13.3. The van der Waals surface area contributed by atoms with E-state index in [1.54, 1.807) is 6.20 Å². The van der Waals surface area contributed by atoms with Gasteiger partial charge >= 0.3 is 0 Å². The van der Waals surface area contributed by atoms with Crippen molar-refractivity contribution in [2.24, 2.45) is 5.92 Å². The fraction of sp³-hybridized carbons (Fsp3) is 0.688. The summed E-state index contributed by atoms with van der Waals surface area (Å²) in [6.45, 7) is 1.51. The van der Waals surface area contributed by atoms with Gasteiger partial charge in [-0.3, -0.25) is 4.79 Å². The van der Waals surface area contributed by atoms with E-state index in [1.807, 2.05) is 19.0 Å². The summed E-state index contributed by atoms with van der Waals surface area (Å²) < 4.78 is 5.92. The predicted octanol–water partition coefficient (Wildman–Crippen LogP) is 1.62. The topological polar surface area (TPSA) is 67.4 Å². The average molecular weight is 304 g/mol. The summed E-state index contributed by atoms with van der Waals surface area (Å²) in [7, 11) is 3.79. The van der Waals surface area contributed by atoms with Crippen molar-refractivity contribution in [2.45, 2.75) is 37.7 Å². The molecule has 1 atom stereocenters. The van der Waals surface area contributed by atoms with Crippen molar-refractivity contribution in [3.8, 4) is 0 Å². The molecule has 3 rings (SSSR count). The van der Waals surface area contributed by atoms with Crippen LogP contribution in [0.1, 0.15) is 42.6 Å². The van der Waals surface area contributed by atoms with Crippen LogP contribution in [0.5, 0.6) is 0 Å². The summed E-state index contributed by atoms with van der Waals surface area (Å²) in [5, 5.41) is 2.99. The Hall–Kier alpha value is -1.69. The summed E-state index contributed by atoms with van der Waals surface area (Å²) in [6.07, 6.45) is 8.86. The lowest BCUT2D eigenvalue weighted by atomic mass is 9.72. The molecule has 0 radical (unpaired) electrons. The number of rotatable bonds is 4. The Kier molecular flexibility index (Phi) is 4.29. The zero-order chi connectivity index (χ0) is 15.6. The summed E-state index contributed by atoms with van der Waals surface area (Å²) in [4.78, 5) is 22.4. The number of hydrogen-bond donors (Lipinski definition) is 1. The highest BCUT2D eigenvalue weighted by molar-refractivity contribution is 5.92. The first-order valence-corrected chi connectivity index (χ1v) is 7.99. The van der Waals surface area contributed by atoms with Crippen LogP contribution in [0.3, 0.4) is 0 Å². The number of hydrogen-bond acceptors (Lipinski definition) is 5. The van der Waals surface area contributed by atoms with Gasteiger partial charge in [0.25, 0.3) is 5.91 Å². The molecule has 1 saturated carbocycles. The molecule has 1 aliphatic carbocycles. The van der Waals surface area contributed by atoms with Crippen LogP contribution in [0.4, 0.5) is 5.82 Å². The van der Waals surface area contributed by atoms with Gasteiger partial charge in [0.1, 0.15) is 11.5 Å². The molecule has 2 aliphatic rings. The summed E-state index contributed by atoms with van der Waals surface area (Å²) in [5.41, 5.74) is 0.497. The van der Waals surface area contributed by atoms with Crippen molar-refractivity contribution >= 4 is 11.7 Å². The Balaban J connectivity index is 1.51. The van der Waals surface area contributed by atoms with Crippen LogP contribution in [0.25, 0.3) is 0 Å². The zero-order valence-electron chi connectivity index (χ0n) is 13.3. The number of nitrogens with one attached hydrogen (secondary N) is 1. The molecule has 1 aliphatic heterocycles. The van der Waals surface area contributed by atoms with Crippen LogP contribution in [0, 0.1) is 5.92 Å². The summed E-state index contributed by atoms with van der Waals surface area (Å²) >= 11 is 0. The van der Waals surface area contributed by atoms with Crippen molar-refractivity contribution in [1.82, 2.24) is 15.3 Å². The van der Waals surface area contributed by atoms with Crippen LogP contribution in [0.15, 0.2) is 12.4 Å². The Labute approximate surface area is 131 Å². The van der Waals surface area contributed by atoms with E-state index in [2.05, 4.69) is 15.3 Å². The second-order valence-corrected chi connectivity index (χ2v) is 6.61. The second kappa shape index (κ2) is 6.20. The third-order valence-corrected chi connectivity index (χ3v) is 4.74. The van der Waals surface area contributed by atoms with Gasteiger partial charge in [0.2, 0.25) is 0 Å². The molecule has 22 heavy (non-hydrogen) atoms. The van der Waals surface area contributed by atoms with Crippen molar-refractivity contribution in [2.75, 3.05) is 32.1 Å². The van der Waals surface area contributed by atoms with E-state index in [1.165, 1.54) is 25.5 Å². The number of carbonyl (C=O) groups excluding carboxylic acids is 1. The molecule has 1 N–H and O–H groups in total. The van der Waals surface area contributed by atoms with Gasteiger partial charge in [0.15, 0.2) is 0 Å². The Bertz CT molecular complexity index is 525. The molecule has 1 aromatic heterocycles. The highest BCUT2D eigenvalue weighted by atomic mass is 16.5. The maximum Gasteiger partial charge on any atom is 0.271 e. The quantitative estimate of drug-likeness (QED) is 0.915. The van der Waals surface area contributed by atoms with Crippen LogP contribution in [0.2, 0.25) is 0 Å². The molecule has 0 aromatic carbocycles. The first-order valence-electron chi connectivity index (χ1n) is 7.99. The van der Waals surface area contributed by atoms with Gasteiger partial charge in [-0.05, 0) is 38.0 Å². The van der Waals surface area contributed by atoms with E-state index in [9.17, 15) is 4.79 Å². The fourth-order valence-corrected chi connectivity index (χ4v) is 3.22. The van der Waals surface area contributed by atoms with Crippen LogP contribution < -0.4 is 10.2 Å². The minimum absolute atomic E-state index is 0.126.